The zero-order valence-electron chi connectivity index (χ0n) is 14.7. The summed E-state index contributed by atoms with van der Waals surface area (Å²) in [7, 11) is 0. The molecule has 0 aliphatic heterocycles. The van der Waals surface area contributed by atoms with E-state index in [-0.39, 0.29) is 11.4 Å². The highest BCUT2D eigenvalue weighted by Crippen LogP contribution is 2.24. The molecule has 0 aliphatic rings. The van der Waals surface area contributed by atoms with Crippen LogP contribution in [0.25, 0.3) is 0 Å². The Kier molecular flexibility index (Phi) is 6.42. The Bertz CT molecular complexity index is 624. The van der Waals surface area contributed by atoms with E-state index in [1.54, 1.807) is 12.1 Å². The standard InChI is InChI=1S/C21H26O3/c1-21(2,3)18-11-13-19(14-12-18)23-15-7-8-16-24-20(22)17-9-5-4-6-10-17/h4-6,9-14H,7-8,15-16H2,1-3H3. The van der Waals surface area contributed by atoms with Gasteiger partial charge in [0.15, 0.2) is 0 Å². The molecule has 2 rings (SSSR count). The number of rotatable bonds is 7. The fourth-order valence-electron chi connectivity index (χ4n) is 2.27. The van der Waals surface area contributed by atoms with E-state index in [4.69, 9.17) is 9.47 Å². The number of hydrogen-bond acceptors (Lipinski definition) is 3. The van der Waals surface area contributed by atoms with Crippen LogP contribution in [-0.4, -0.2) is 19.2 Å². The second kappa shape index (κ2) is 8.53. The number of hydrogen-bond donors (Lipinski definition) is 0. The van der Waals surface area contributed by atoms with Crippen LogP contribution >= 0.6 is 0 Å². The molecule has 0 fully saturated rings. The number of ether oxygens (including phenoxy) is 2. The Balaban J connectivity index is 1.62. The normalized spacial score (nSPS) is 11.1. The lowest BCUT2D eigenvalue weighted by Gasteiger charge is -2.19. The predicted molar refractivity (Wildman–Crippen MR) is 96.6 cm³/mol. The summed E-state index contributed by atoms with van der Waals surface area (Å²) in [4.78, 5) is 11.8. The highest BCUT2D eigenvalue weighted by molar-refractivity contribution is 5.89. The lowest BCUT2D eigenvalue weighted by atomic mass is 9.87. The molecule has 2 aromatic rings. The van der Waals surface area contributed by atoms with Gasteiger partial charge in [-0.15, -0.1) is 0 Å². The van der Waals surface area contributed by atoms with Crippen molar-refractivity contribution >= 4 is 5.97 Å². The third-order valence-electron chi connectivity index (χ3n) is 3.77. The summed E-state index contributed by atoms with van der Waals surface area (Å²) in [5, 5.41) is 0. The van der Waals surface area contributed by atoms with Crippen LogP contribution in [0.2, 0.25) is 0 Å². The molecule has 0 amide bonds. The lowest BCUT2D eigenvalue weighted by molar-refractivity contribution is 0.0494. The molecule has 0 unspecified atom stereocenters. The summed E-state index contributed by atoms with van der Waals surface area (Å²) in [5.41, 5.74) is 2.04. The van der Waals surface area contributed by atoms with Crippen LogP contribution in [0.4, 0.5) is 0 Å². The Labute approximate surface area is 144 Å². The molecular formula is C21H26O3. The molecule has 0 aliphatic carbocycles. The SMILES string of the molecule is CC(C)(C)c1ccc(OCCCCOC(=O)c2ccccc2)cc1. The average molecular weight is 326 g/mol. The first-order chi connectivity index (χ1) is 11.5. The zero-order valence-corrected chi connectivity index (χ0v) is 14.7. The molecule has 0 heterocycles. The average Bonchev–Trinajstić information content (AvgIpc) is 2.58. The maximum atomic E-state index is 11.8. The molecule has 3 heteroatoms. The molecule has 0 saturated heterocycles. The maximum absolute atomic E-state index is 11.8. The van der Waals surface area contributed by atoms with E-state index in [2.05, 4.69) is 32.9 Å². The van der Waals surface area contributed by atoms with Crippen molar-refractivity contribution in [2.75, 3.05) is 13.2 Å². The molecule has 0 N–H and O–H groups in total. The van der Waals surface area contributed by atoms with Gasteiger partial charge in [0.2, 0.25) is 0 Å². The van der Waals surface area contributed by atoms with Gasteiger partial charge in [-0.1, -0.05) is 51.1 Å². The fraction of sp³-hybridized carbons (Fsp3) is 0.381. The molecule has 0 aromatic heterocycles. The van der Waals surface area contributed by atoms with E-state index < -0.39 is 0 Å². The molecule has 0 atom stereocenters. The number of esters is 1. The van der Waals surface area contributed by atoms with Crippen LogP contribution in [0.1, 0.15) is 49.5 Å². The topological polar surface area (TPSA) is 35.5 Å². The van der Waals surface area contributed by atoms with E-state index in [0.29, 0.717) is 18.8 Å². The Morgan fingerprint density at radius 2 is 1.50 bits per heavy atom. The summed E-state index contributed by atoms with van der Waals surface area (Å²) in [5.74, 6) is 0.610. The first kappa shape index (κ1) is 18.1. The van der Waals surface area contributed by atoms with Crippen LogP contribution in [0.3, 0.4) is 0 Å². The van der Waals surface area contributed by atoms with E-state index in [0.717, 1.165) is 18.6 Å². The van der Waals surface area contributed by atoms with Crippen molar-refractivity contribution < 1.29 is 14.3 Å². The van der Waals surface area contributed by atoms with Gasteiger partial charge in [-0.05, 0) is 48.1 Å². The van der Waals surface area contributed by atoms with Crippen molar-refractivity contribution in [3.05, 3.63) is 65.7 Å². The lowest BCUT2D eigenvalue weighted by Crippen LogP contribution is -2.10. The van der Waals surface area contributed by atoms with Crippen molar-refractivity contribution in [1.29, 1.82) is 0 Å². The van der Waals surface area contributed by atoms with Crippen molar-refractivity contribution in [2.24, 2.45) is 0 Å². The van der Waals surface area contributed by atoms with Crippen molar-refractivity contribution in [3.8, 4) is 5.75 Å². The van der Waals surface area contributed by atoms with Crippen LogP contribution in [-0.2, 0) is 10.2 Å². The fourth-order valence-corrected chi connectivity index (χ4v) is 2.27. The molecule has 0 radical (unpaired) electrons. The van der Waals surface area contributed by atoms with Gasteiger partial charge in [-0.2, -0.15) is 0 Å². The number of unbranched alkanes of at least 4 members (excludes halogenated alkanes) is 1. The van der Waals surface area contributed by atoms with Gasteiger partial charge in [-0.3, -0.25) is 0 Å². The zero-order chi connectivity index (χ0) is 17.4. The maximum Gasteiger partial charge on any atom is 0.338 e. The molecule has 0 bridgehead atoms. The minimum Gasteiger partial charge on any atom is -0.494 e. The molecule has 0 spiro atoms. The summed E-state index contributed by atoms with van der Waals surface area (Å²) in [6, 6.07) is 17.3. The van der Waals surface area contributed by atoms with Gasteiger partial charge in [0.05, 0.1) is 18.8 Å². The smallest absolute Gasteiger partial charge is 0.338 e. The quantitative estimate of drug-likeness (QED) is 0.530. The number of carbonyl (C=O) groups excluding carboxylic acids is 1. The van der Waals surface area contributed by atoms with E-state index in [1.165, 1.54) is 5.56 Å². The molecule has 24 heavy (non-hydrogen) atoms. The summed E-state index contributed by atoms with van der Waals surface area (Å²) in [6.45, 7) is 7.62. The molecular weight excluding hydrogens is 300 g/mol. The second-order valence-electron chi connectivity index (χ2n) is 6.83. The van der Waals surface area contributed by atoms with Gasteiger partial charge in [-0.25, -0.2) is 4.79 Å². The Hall–Kier alpha value is -2.29. The van der Waals surface area contributed by atoms with Crippen LogP contribution in [0.15, 0.2) is 54.6 Å². The van der Waals surface area contributed by atoms with Gasteiger partial charge < -0.3 is 9.47 Å². The van der Waals surface area contributed by atoms with E-state index >= 15 is 0 Å². The first-order valence-corrected chi connectivity index (χ1v) is 8.42. The minimum absolute atomic E-state index is 0.154. The van der Waals surface area contributed by atoms with Crippen LogP contribution in [0, 0.1) is 0 Å². The van der Waals surface area contributed by atoms with Crippen LogP contribution < -0.4 is 4.74 Å². The highest BCUT2D eigenvalue weighted by atomic mass is 16.5. The van der Waals surface area contributed by atoms with Crippen molar-refractivity contribution in [2.45, 2.75) is 39.0 Å². The van der Waals surface area contributed by atoms with Gasteiger partial charge in [0.25, 0.3) is 0 Å². The van der Waals surface area contributed by atoms with Gasteiger partial charge >= 0.3 is 5.97 Å². The monoisotopic (exact) mass is 326 g/mol. The van der Waals surface area contributed by atoms with Gasteiger partial charge in [0.1, 0.15) is 5.75 Å². The second-order valence-corrected chi connectivity index (χ2v) is 6.83. The summed E-state index contributed by atoms with van der Waals surface area (Å²) >= 11 is 0. The minimum atomic E-state index is -0.269. The first-order valence-electron chi connectivity index (χ1n) is 8.42. The van der Waals surface area contributed by atoms with Crippen LogP contribution in [0.5, 0.6) is 5.75 Å². The highest BCUT2D eigenvalue weighted by Gasteiger charge is 2.12. The third kappa shape index (κ3) is 5.73. The van der Waals surface area contributed by atoms with Gasteiger partial charge in [0, 0.05) is 0 Å². The van der Waals surface area contributed by atoms with E-state index in [1.807, 2.05) is 30.3 Å². The largest absolute Gasteiger partial charge is 0.494 e. The van der Waals surface area contributed by atoms with Crippen molar-refractivity contribution in [3.63, 3.8) is 0 Å². The predicted octanol–water partition coefficient (Wildman–Crippen LogP) is 5.00. The molecule has 0 saturated carbocycles. The molecule has 3 nitrogen and oxygen atoms in total. The molecule has 128 valence electrons. The Morgan fingerprint density at radius 3 is 2.12 bits per heavy atom. The van der Waals surface area contributed by atoms with Crippen molar-refractivity contribution in [1.82, 2.24) is 0 Å². The third-order valence-corrected chi connectivity index (χ3v) is 3.77. The Morgan fingerprint density at radius 1 is 0.875 bits per heavy atom. The van der Waals surface area contributed by atoms with E-state index in [9.17, 15) is 4.79 Å². The molecule has 2 aromatic carbocycles. The summed E-state index contributed by atoms with van der Waals surface area (Å²) in [6.07, 6.45) is 1.64. The number of benzene rings is 2. The number of carbonyl (C=O) groups is 1. The summed E-state index contributed by atoms with van der Waals surface area (Å²) < 4.78 is 11.0.